The van der Waals surface area contributed by atoms with Crippen molar-refractivity contribution in [1.82, 2.24) is 0 Å². The molecule has 0 aliphatic heterocycles. The summed E-state index contributed by atoms with van der Waals surface area (Å²) in [6.07, 6.45) is 0.205. The number of unbranched alkanes of at least 4 members (excludes halogenated alkanes) is 1. The molecule has 3 N–H and O–H groups in total. The van der Waals surface area contributed by atoms with E-state index < -0.39 is 6.16 Å². The third kappa shape index (κ3) is 86.5. The first-order chi connectivity index (χ1) is 4.15. The van der Waals surface area contributed by atoms with Crippen molar-refractivity contribution in [3.8, 4) is 0 Å². The number of aliphatic hydroxyl groups excluding tert-OH is 1. The Morgan fingerprint density at radius 2 is 1.70 bits per heavy atom. The van der Waals surface area contributed by atoms with Crippen molar-refractivity contribution < 1.29 is 20.1 Å². The van der Waals surface area contributed by atoms with Crippen molar-refractivity contribution >= 4 is 35.7 Å². The molecular weight excluding hydrogens is 147 g/mol. The van der Waals surface area contributed by atoms with Gasteiger partial charge in [0.2, 0.25) is 0 Å². The van der Waals surface area contributed by atoms with E-state index in [1.165, 1.54) is 0 Å². The number of carbonyl (C=O) groups is 1. The van der Waals surface area contributed by atoms with Gasteiger partial charge in [0.05, 0.1) is 0 Å². The van der Waals surface area contributed by atoms with Gasteiger partial charge in [-0.3, -0.25) is 0 Å². The van der Waals surface area contributed by atoms with Gasteiger partial charge in [-0.15, -0.1) is 0 Å². The van der Waals surface area contributed by atoms with Crippen LogP contribution in [0.4, 0.5) is 4.79 Å². The second kappa shape index (κ2) is 16.1. The molecule has 5 heteroatoms. The Hall–Kier alpha value is 0.230. The topological polar surface area (TPSA) is 77.8 Å². The molecule has 0 saturated heterocycles. The third-order valence-electron chi connectivity index (χ3n) is 0.512. The molecule has 0 aromatic heterocycles. The molecule has 0 aromatic rings. The van der Waals surface area contributed by atoms with Gasteiger partial charge in [0.25, 0.3) is 0 Å². The first-order valence-corrected chi connectivity index (χ1v) is 2.67. The summed E-state index contributed by atoms with van der Waals surface area (Å²) in [5.74, 6) is 0. The maximum absolute atomic E-state index is 8.56. The van der Waals surface area contributed by atoms with Gasteiger partial charge in [0, 0.05) is 6.61 Å². The molecule has 0 radical (unpaired) electrons. The molecule has 0 aliphatic rings. The third-order valence-corrected chi connectivity index (χ3v) is 0.512. The maximum atomic E-state index is 8.56. The summed E-state index contributed by atoms with van der Waals surface area (Å²) < 4.78 is 0. The molecule has 0 amide bonds. The first kappa shape index (κ1) is 16.7. The van der Waals surface area contributed by atoms with Crippen molar-refractivity contribution in [1.29, 1.82) is 0 Å². The van der Waals surface area contributed by atoms with Crippen LogP contribution in [0.15, 0.2) is 0 Å². The van der Waals surface area contributed by atoms with E-state index >= 15 is 0 Å². The molecule has 0 rings (SSSR count). The molecule has 0 aromatic carbocycles. The van der Waals surface area contributed by atoms with Crippen LogP contribution in [0, 0.1) is 0 Å². The van der Waals surface area contributed by atoms with Crippen LogP contribution in [-0.4, -0.2) is 57.6 Å². The summed E-state index contributed by atoms with van der Waals surface area (Å²) in [4.78, 5) is 8.56. The Morgan fingerprint density at radius 3 is 1.70 bits per heavy atom. The Kier molecular flexibility index (Phi) is 26.9. The number of hydrogen-bond acceptors (Lipinski definition) is 2. The van der Waals surface area contributed by atoms with Gasteiger partial charge in [0.1, 0.15) is 0 Å². The summed E-state index contributed by atoms with van der Waals surface area (Å²) in [7, 11) is 0. The molecule has 0 fully saturated rings. The average Bonchev–Trinajstić information content (AvgIpc) is 1.66. The minimum atomic E-state index is -1.83. The second-order valence-electron chi connectivity index (χ2n) is 1.36. The van der Waals surface area contributed by atoms with Crippen LogP contribution in [0.25, 0.3) is 0 Å². The summed E-state index contributed by atoms with van der Waals surface area (Å²) in [6, 6.07) is 0. The Morgan fingerprint density at radius 1 is 1.40 bits per heavy atom. The molecule has 4 nitrogen and oxygen atoms in total. The van der Waals surface area contributed by atoms with Crippen LogP contribution in [0.3, 0.4) is 0 Å². The van der Waals surface area contributed by atoms with E-state index in [1.54, 1.807) is 0 Å². The molecular formula is C5H13NaO4. The molecule has 0 aliphatic carbocycles. The monoisotopic (exact) mass is 160 g/mol. The Bertz CT molecular complexity index is 60.7. The van der Waals surface area contributed by atoms with Crippen LogP contribution >= 0.6 is 0 Å². The van der Waals surface area contributed by atoms with E-state index in [-0.39, 0.29) is 29.6 Å². The van der Waals surface area contributed by atoms with Gasteiger partial charge in [-0.2, -0.15) is 0 Å². The van der Waals surface area contributed by atoms with E-state index in [1.807, 2.05) is 0 Å². The minimum absolute atomic E-state index is 0. The zero-order valence-electron chi connectivity index (χ0n) is 5.37. The van der Waals surface area contributed by atoms with E-state index in [0.29, 0.717) is 6.61 Å². The molecule has 10 heavy (non-hydrogen) atoms. The molecule has 0 saturated carbocycles. The van der Waals surface area contributed by atoms with E-state index in [4.69, 9.17) is 20.1 Å². The van der Waals surface area contributed by atoms with Gasteiger partial charge >= 0.3 is 35.7 Å². The predicted molar refractivity (Wildman–Crippen MR) is 39.8 cm³/mol. The summed E-state index contributed by atoms with van der Waals surface area (Å²) in [6.45, 7) is 2.40. The SMILES string of the molecule is CCCCO.O=C(O)O.[NaH]. The molecule has 0 spiro atoms. The van der Waals surface area contributed by atoms with E-state index in [2.05, 4.69) is 6.92 Å². The number of hydrogen-bond donors (Lipinski definition) is 3. The van der Waals surface area contributed by atoms with Crippen LogP contribution < -0.4 is 0 Å². The van der Waals surface area contributed by atoms with E-state index in [9.17, 15) is 0 Å². The van der Waals surface area contributed by atoms with Crippen LogP contribution in [0.5, 0.6) is 0 Å². The normalized spacial score (nSPS) is 6.60. The van der Waals surface area contributed by atoms with Crippen molar-refractivity contribution in [2.75, 3.05) is 6.61 Å². The van der Waals surface area contributed by atoms with Crippen LogP contribution in [0.2, 0.25) is 0 Å². The zero-order valence-corrected chi connectivity index (χ0v) is 5.37. The summed E-state index contributed by atoms with van der Waals surface area (Å²) >= 11 is 0. The van der Waals surface area contributed by atoms with Crippen molar-refractivity contribution in [3.63, 3.8) is 0 Å². The fourth-order valence-corrected chi connectivity index (χ4v) is 0.158. The van der Waals surface area contributed by atoms with Gasteiger partial charge in [-0.1, -0.05) is 13.3 Å². The number of rotatable bonds is 2. The van der Waals surface area contributed by atoms with Gasteiger partial charge < -0.3 is 15.3 Å². The summed E-state index contributed by atoms with van der Waals surface area (Å²) in [5.41, 5.74) is 0. The summed E-state index contributed by atoms with van der Waals surface area (Å²) in [5, 5.41) is 22.0. The van der Waals surface area contributed by atoms with Crippen LogP contribution in [-0.2, 0) is 0 Å². The van der Waals surface area contributed by atoms with Gasteiger partial charge in [-0.05, 0) is 6.42 Å². The quantitative estimate of drug-likeness (QED) is 0.509. The van der Waals surface area contributed by atoms with Crippen LogP contribution in [0.1, 0.15) is 19.8 Å². The van der Waals surface area contributed by atoms with Crippen molar-refractivity contribution in [3.05, 3.63) is 0 Å². The molecule has 0 unspecified atom stereocenters. The first-order valence-electron chi connectivity index (χ1n) is 2.67. The van der Waals surface area contributed by atoms with Crippen molar-refractivity contribution in [2.24, 2.45) is 0 Å². The average molecular weight is 160 g/mol. The predicted octanol–water partition coefficient (Wildman–Crippen LogP) is 0.353. The fraction of sp³-hybridized carbons (Fsp3) is 0.800. The molecule has 0 bridgehead atoms. The van der Waals surface area contributed by atoms with E-state index in [0.717, 1.165) is 12.8 Å². The van der Waals surface area contributed by atoms with Gasteiger partial charge in [-0.25, -0.2) is 4.79 Å². The molecule has 58 valence electrons. The Balaban J connectivity index is -0.0000000910. The second-order valence-corrected chi connectivity index (χ2v) is 1.36. The number of carboxylic acid groups (broad SMARTS) is 2. The fourth-order valence-electron chi connectivity index (χ4n) is 0.158. The van der Waals surface area contributed by atoms with Crippen molar-refractivity contribution in [2.45, 2.75) is 19.8 Å². The molecule has 0 heterocycles. The Labute approximate surface area is 82.2 Å². The standard InChI is InChI=1S/C4H10O.CH2O3.Na.H/c1-2-3-4-5;2-1(3)4;;/h5H,2-4H2,1H3;(H2,2,3,4);;. The van der Waals surface area contributed by atoms with Gasteiger partial charge in [0.15, 0.2) is 0 Å². The molecule has 0 atom stereocenters. The number of aliphatic hydroxyl groups is 1. The zero-order chi connectivity index (χ0) is 7.70.